The van der Waals surface area contributed by atoms with Crippen molar-refractivity contribution in [3.05, 3.63) is 56.3 Å². The Kier molecular flexibility index (Phi) is 5.25. The first kappa shape index (κ1) is 16.3. The first-order chi connectivity index (χ1) is 9.93. The number of hydrogen-bond acceptors (Lipinski definition) is 3. The van der Waals surface area contributed by atoms with Crippen molar-refractivity contribution < 1.29 is 4.74 Å². The van der Waals surface area contributed by atoms with Crippen LogP contribution in [0, 0.1) is 13.8 Å². The Hall–Kier alpha value is -1.10. The van der Waals surface area contributed by atoms with E-state index >= 15 is 0 Å². The summed E-state index contributed by atoms with van der Waals surface area (Å²) in [6.07, 6.45) is 2.46. The van der Waals surface area contributed by atoms with Crippen molar-refractivity contribution in [2.45, 2.75) is 26.3 Å². The summed E-state index contributed by atoms with van der Waals surface area (Å²) in [6.45, 7) is 3.99. The van der Waals surface area contributed by atoms with Gasteiger partial charge in [-0.15, -0.1) is 0 Å². The zero-order valence-corrected chi connectivity index (χ0v) is 14.6. The summed E-state index contributed by atoms with van der Waals surface area (Å²) in [5.41, 5.74) is 10.3. The van der Waals surface area contributed by atoms with Crippen LogP contribution >= 0.6 is 27.5 Å². The lowest BCUT2D eigenvalue weighted by Gasteiger charge is -2.16. The molecule has 0 aliphatic heterocycles. The third-order valence-corrected chi connectivity index (χ3v) is 4.77. The number of benzene rings is 1. The summed E-state index contributed by atoms with van der Waals surface area (Å²) < 4.78 is 6.30. The van der Waals surface area contributed by atoms with E-state index < -0.39 is 0 Å². The molecule has 5 heteroatoms. The predicted octanol–water partition coefficient (Wildman–Crippen LogP) is 4.37. The lowest BCUT2D eigenvalue weighted by molar-refractivity contribution is 0.406. The first-order valence-electron chi connectivity index (χ1n) is 6.63. The third-order valence-electron chi connectivity index (χ3n) is 3.53. The van der Waals surface area contributed by atoms with Gasteiger partial charge in [-0.1, -0.05) is 17.7 Å². The Labute approximate surface area is 138 Å². The molecule has 0 saturated carbocycles. The maximum atomic E-state index is 6.29. The molecule has 1 unspecified atom stereocenters. The van der Waals surface area contributed by atoms with E-state index in [2.05, 4.69) is 20.9 Å². The monoisotopic (exact) mass is 368 g/mol. The van der Waals surface area contributed by atoms with Gasteiger partial charge in [-0.3, -0.25) is 4.98 Å². The van der Waals surface area contributed by atoms with Crippen LogP contribution in [0.25, 0.3) is 0 Å². The molecule has 2 rings (SSSR count). The number of nitrogens with two attached hydrogens (primary N) is 1. The van der Waals surface area contributed by atoms with Crippen LogP contribution in [0.1, 0.15) is 28.4 Å². The van der Waals surface area contributed by atoms with E-state index in [0.29, 0.717) is 11.4 Å². The standard InChI is InChI=1S/C16H18BrClN2O/c1-9-8-20-15(10(2)16(9)21-3)7-14(19)11-4-5-12(17)13(18)6-11/h4-6,8,14H,7,19H2,1-3H3. The minimum absolute atomic E-state index is 0.158. The minimum Gasteiger partial charge on any atom is -0.496 e. The average molecular weight is 370 g/mol. The number of methoxy groups -OCH3 is 1. The molecule has 112 valence electrons. The molecule has 1 aromatic carbocycles. The van der Waals surface area contributed by atoms with Crippen LogP contribution in [0.3, 0.4) is 0 Å². The Morgan fingerprint density at radius 2 is 2.10 bits per heavy atom. The van der Waals surface area contributed by atoms with Gasteiger partial charge in [0.1, 0.15) is 5.75 Å². The SMILES string of the molecule is COc1c(C)cnc(CC(N)c2ccc(Br)c(Cl)c2)c1C. The van der Waals surface area contributed by atoms with E-state index in [1.54, 1.807) is 7.11 Å². The number of rotatable bonds is 4. The molecule has 21 heavy (non-hydrogen) atoms. The fourth-order valence-electron chi connectivity index (χ4n) is 2.35. The van der Waals surface area contributed by atoms with Crippen LogP contribution in [0.2, 0.25) is 5.02 Å². The summed E-state index contributed by atoms with van der Waals surface area (Å²) >= 11 is 9.50. The number of nitrogens with zero attached hydrogens (tertiary/aromatic N) is 1. The zero-order valence-electron chi connectivity index (χ0n) is 12.3. The molecule has 1 aromatic heterocycles. The van der Waals surface area contributed by atoms with Crippen LogP contribution in [0.4, 0.5) is 0 Å². The maximum absolute atomic E-state index is 6.29. The molecule has 0 fully saturated rings. The van der Waals surface area contributed by atoms with Gasteiger partial charge in [-0.25, -0.2) is 0 Å². The van der Waals surface area contributed by atoms with Crippen molar-refractivity contribution >= 4 is 27.5 Å². The van der Waals surface area contributed by atoms with Gasteiger partial charge in [0.05, 0.1) is 12.1 Å². The van der Waals surface area contributed by atoms with Gasteiger partial charge in [0, 0.05) is 40.0 Å². The van der Waals surface area contributed by atoms with Crippen molar-refractivity contribution in [3.63, 3.8) is 0 Å². The molecule has 1 atom stereocenters. The molecular weight excluding hydrogens is 352 g/mol. The number of ether oxygens (including phenoxy) is 1. The largest absolute Gasteiger partial charge is 0.496 e. The summed E-state index contributed by atoms with van der Waals surface area (Å²) in [5, 5.41) is 0.661. The van der Waals surface area contributed by atoms with Crippen molar-refractivity contribution in [1.82, 2.24) is 4.98 Å². The molecule has 0 aliphatic carbocycles. The first-order valence-corrected chi connectivity index (χ1v) is 7.80. The smallest absolute Gasteiger partial charge is 0.128 e. The molecule has 3 nitrogen and oxygen atoms in total. The maximum Gasteiger partial charge on any atom is 0.128 e. The quantitative estimate of drug-likeness (QED) is 0.870. The average Bonchev–Trinajstić information content (AvgIpc) is 2.45. The van der Waals surface area contributed by atoms with Crippen molar-refractivity contribution in [3.8, 4) is 5.75 Å². The molecule has 0 spiro atoms. The highest BCUT2D eigenvalue weighted by atomic mass is 79.9. The van der Waals surface area contributed by atoms with E-state index in [0.717, 1.165) is 32.6 Å². The van der Waals surface area contributed by atoms with E-state index in [4.69, 9.17) is 22.1 Å². The molecule has 0 aliphatic rings. The van der Waals surface area contributed by atoms with Gasteiger partial charge >= 0.3 is 0 Å². The summed E-state index contributed by atoms with van der Waals surface area (Å²) in [6, 6.07) is 5.61. The highest BCUT2D eigenvalue weighted by molar-refractivity contribution is 9.10. The second-order valence-electron chi connectivity index (χ2n) is 5.03. The molecule has 0 saturated heterocycles. The highest BCUT2D eigenvalue weighted by Gasteiger charge is 2.14. The second-order valence-corrected chi connectivity index (χ2v) is 6.29. The van der Waals surface area contributed by atoms with E-state index in [1.165, 1.54) is 0 Å². The fraction of sp³-hybridized carbons (Fsp3) is 0.312. The third kappa shape index (κ3) is 3.57. The van der Waals surface area contributed by atoms with Crippen LogP contribution in [-0.4, -0.2) is 12.1 Å². The Morgan fingerprint density at radius 1 is 1.38 bits per heavy atom. The summed E-state index contributed by atoms with van der Waals surface area (Å²) in [7, 11) is 1.67. The van der Waals surface area contributed by atoms with Crippen LogP contribution in [0.5, 0.6) is 5.75 Å². The Morgan fingerprint density at radius 3 is 2.71 bits per heavy atom. The summed E-state index contributed by atoms with van der Waals surface area (Å²) in [4.78, 5) is 4.49. The summed E-state index contributed by atoms with van der Waals surface area (Å²) in [5.74, 6) is 0.876. The molecular formula is C16H18BrClN2O. The molecule has 0 amide bonds. The number of aryl methyl sites for hydroxylation is 1. The van der Waals surface area contributed by atoms with Crippen molar-refractivity contribution in [2.75, 3.05) is 7.11 Å². The van der Waals surface area contributed by atoms with Crippen molar-refractivity contribution in [2.24, 2.45) is 5.73 Å². The molecule has 2 N–H and O–H groups in total. The minimum atomic E-state index is -0.158. The molecule has 0 radical (unpaired) electrons. The lowest BCUT2D eigenvalue weighted by Crippen LogP contribution is -2.15. The lowest BCUT2D eigenvalue weighted by atomic mass is 9.99. The Bertz CT molecular complexity index is 661. The van der Waals surface area contributed by atoms with Gasteiger partial charge < -0.3 is 10.5 Å². The number of hydrogen-bond donors (Lipinski definition) is 1. The van der Waals surface area contributed by atoms with Gasteiger partial charge in [0.15, 0.2) is 0 Å². The van der Waals surface area contributed by atoms with Gasteiger partial charge in [0.25, 0.3) is 0 Å². The van der Waals surface area contributed by atoms with E-state index in [1.807, 2.05) is 38.2 Å². The number of halogens is 2. The highest BCUT2D eigenvalue weighted by Crippen LogP contribution is 2.29. The normalized spacial score (nSPS) is 12.3. The van der Waals surface area contributed by atoms with Crippen molar-refractivity contribution in [1.29, 1.82) is 0 Å². The number of aromatic nitrogens is 1. The molecule has 2 aromatic rings. The van der Waals surface area contributed by atoms with E-state index in [9.17, 15) is 0 Å². The molecule has 1 heterocycles. The van der Waals surface area contributed by atoms with Crippen LogP contribution in [0.15, 0.2) is 28.9 Å². The predicted molar refractivity (Wildman–Crippen MR) is 90.0 cm³/mol. The fourth-order valence-corrected chi connectivity index (χ4v) is 2.78. The van der Waals surface area contributed by atoms with Gasteiger partial charge in [-0.2, -0.15) is 0 Å². The molecule has 0 bridgehead atoms. The van der Waals surface area contributed by atoms with E-state index in [-0.39, 0.29) is 6.04 Å². The van der Waals surface area contributed by atoms with Gasteiger partial charge in [0.2, 0.25) is 0 Å². The van der Waals surface area contributed by atoms with Gasteiger partial charge in [-0.05, 0) is 47.5 Å². The number of pyridine rings is 1. The van der Waals surface area contributed by atoms with Crippen LogP contribution < -0.4 is 10.5 Å². The van der Waals surface area contributed by atoms with Crippen LogP contribution in [-0.2, 0) is 6.42 Å². The Balaban J connectivity index is 2.27. The zero-order chi connectivity index (χ0) is 15.6. The second kappa shape index (κ2) is 6.77. The topological polar surface area (TPSA) is 48.1 Å².